The van der Waals surface area contributed by atoms with Gasteiger partial charge in [-0.3, -0.25) is 0 Å². The summed E-state index contributed by atoms with van der Waals surface area (Å²) in [6.45, 7) is 9.33. The van der Waals surface area contributed by atoms with E-state index in [0.717, 1.165) is 37.4 Å². The van der Waals surface area contributed by atoms with Crippen LogP contribution in [0.3, 0.4) is 0 Å². The molecule has 0 amide bonds. The number of benzene rings is 1. The highest BCUT2D eigenvalue weighted by Gasteiger charge is 2.04. The molecule has 0 saturated carbocycles. The Morgan fingerprint density at radius 3 is 2.63 bits per heavy atom. The van der Waals surface area contributed by atoms with Gasteiger partial charge in [0.05, 0.1) is 13.7 Å². The highest BCUT2D eigenvalue weighted by molar-refractivity contribution is 5.42. The van der Waals surface area contributed by atoms with Crippen LogP contribution in [0.25, 0.3) is 0 Å². The van der Waals surface area contributed by atoms with Crippen LogP contribution in [0.1, 0.15) is 32.8 Å². The van der Waals surface area contributed by atoms with Gasteiger partial charge in [-0.25, -0.2) is 0 Å². The summed E-state index contributed by atoms with van der Waals surface area (Å²) in [6, 6.07) is 6.14. The molecule has 1 aromatic rings. The third-order valence-corrected chi connectivity index (χ3v) is 2.94. The summed E-state index contributed by atoms with van der Waals surface area (Å²) in [6.07, 6.45) is 2.02. The van der Waals surface area contributed by atoms with Gasteiger partial charge < -0.3 is 14.8 Å². The van der Waals surface area contributed by atoms with Crippen molar-refractivity contribution in [2.75, 3.05) is 26.8 Å². The van der Waals surface area contributed by atoms with Crippen LogP contribution in [-0.2, 0) is 6.42 Å². The highest BCUT2D eigenvalue weighted by Crippen LogP contribution is 2.28. The first-order chi connectivity index (χ1) is 9.17. The molecule has 0 aromatic heterocycles. The standard InChI is InChI=1S/C16H27NO2/c1-5-14-7-8-15(16(11-14)18-4)19-10-6-9-17-12-13(2)3/h7-8,11,13,17H,5-6,9-10,12H2,1-4H3. The van der Waals surface area contributed by atoms with E-state index in [4.69, 9.17) is 9.47 Å². The van der Waals surface area contributed by atoms with Crippen LogP contribution >= 0.6 is 0 Å². The Balaban J connectivity index is 2.32. The molecule has 3 heteroatoms. The molecule has 0 heterocycles. The molecule has 0 aliphatic carbocycles. The molecule has 0 radical (unpaired) electrons. The molecule has 0 saturated heterocycles. The number of aryl methyl sites for hydroxylation is 1. The van der Waals surface area contributed by atoms with Crippen molar-refractivity contribution in [3.8, 4) is 11.5 Å². The summed E-state index contributed by atoms with van der Waals surface area (Å²) >= 11 is 0. The zero-order valence-corrected chi connectivity index (χ0v) is 12.7. The van der Waals surface area contributed by atoms with Crippen LogP contribution in [0, 0.1) is 5.92 Å². The third kappa shape index (κ3) is 5.97. The fourth-order valence-corrected chi connectivity index (χ4v) is 1.82. The summed E-state index contributed by atoms with van der Waals surface area (Å²) in [5, 5.41) is 3.41. The van der Waals surface area contributed by atoms with Crippen molar-refractivity contribution in [1.82, 2.24) is 5.32 Å². The van der Waals surface area contributed by atoms with Gasteiger partial charge in [0.15, 0.2) is 11.5 Å². The predicted octanol–water partition coefficient (Wildman–Crippen LogP) is 3.27. The lowest BCUT2D eigenvalue weighted by Crippen LogP contribution is -2.22. The van der Waals surface area contributed by atoms with Gasteiger partial charge in [0.2, 0.25) is 0 Å². The molecular weight excluding hydrogens is 238 g/mol. The van der Waals surface area contributed by atoms with Crippen molar-refractivity contribution in [1.29, 1.82) is 0 Å². The van der Waals surface area contributed by atoms with Crippen LogP contribution < -0.4 is 14.8 Å². The fraction of sp³-hybridized carbons (Fsp3) is 0.625. The Bertz CT molecular complexity index is 364. The van der Waals surface area contributed by atoms with Gasteiger partial charge in [-0.1, -0.05) is 26.8 Å². The van der Waals surface area contributed by atoms with Gasteiger partial charge >= 0.3 is 0 Å². The molecular formula is C16H27NO2. The molecule has 0 aliphatic rings. The maximum Gasteiger partial charge on any atom is 0.161 e. The Hall–Kier alpha value is -1.22. The van der Waals surface area contributed by atoms with Crippen molar-refractivity contribution in [2.45, 2.75) is 33.6 Å². The van der Waals surface area contributed by atoms with Crippen LogP contribution in [0.2, 0.25) is 0 Å². The van der Waals surface area contributed by atoms with E-state index in [2.05, 4.69) is 32.2 Å². The second-order valence-electron chi connectivity index (χ2n) is 5.14. The van der Waals surface area contributed by atoms with Gasteiger partial charge in [-0.15, -0.1) is 0 Å². The summed E-state index contributed by atoms with van der Waals surface area (Å²) < 4.78 is 11.1. The normalized spacial score (nSPS) is 10.8. The zero-order chi connectivity index (χ0) is 14.1. The van der Waals surface area contributed by atoms with Gasteiger partial charge in [0.25, 0.3) is 0 Å². The van der Waals surface area contributed by atoms with E-state index in [9.17, 15) is 0 Å². The molecule has 0 spiro atoms. The lowest BCUT2D eigenvalue weighted by molar-refractivity contribution is 0.286. The third-order valence-electron chi connectivity index (χ3n) is 2.94. The summed E-state index contributed by atoms with van der Waals surface area (Å²) in [7, 11) is 1.69. The van der Waals surface area contributed by atoms with E-state index in [1.54, 1.807) is 7.11 Å². The molecule has 0 fully saturated rings. The van der Waals surface area contributed by atoms with Crippen LogP contribution in [0.4, 0.5) is 0 Å². The first kappa shape index (κ1) is 15.8. The fourth-order valence-electron chi connectivity index (χ4n) is 1.82. The first-order valence-corrected chi connectivity index (χ1v) is 7.17. The van der Waals surface area contributed by atoms with E-state index in [-0.39, 0.29) is 0 Å². The number of nitrogens with one attached hydrogen (secondary N) is 1. The van der Waals surface area contributed by atoms with Crippen molar-refractivity contribution < 1.29 is 9.47 Å². The van der Waals surface area contributed by atoms with Gasteiger partial charge in [0, 0.05) is 0 Å². The molecule has 19 heavy (non-hydrogen) atoms. The highest BCUT2D eigenvalue weighted by atomic mass is 16.5. The van der Waals surface area contributed by atoms with Crippen molar-refractivity contribution in [2.24, 2.45) is 5.92 Å². The molecule has 1 aromatic carbocycles. The quantitative estimate of drug-likeness (QED) is 0.695. The Morgan fingerprint density at radius 2 is 2.00 bits per heavy atom. The molecule has 0 bridgehead atoms. The topological polar surface area (TPSA) is 30.5 Å². The zero-order valence-electron chi connectivity index (χ0n) is 12.7. The average molecular weight is 265 g/mol. The van der Waals surface area contributed by atoms with Gasteiger partial charge in [-0.2, -0.15) is 0 Å². The lowest BCUT2D eigenvalue weighted by Gasteiger charge is -2.12. The predicted molar refractivity (Wildman–Crippen MR) is 80.2 cm³/mol. The largest absolute Gasteiger partial charge is 0.493 e. The van der Waals surface area contributed by atoms with Crippen molar-refractivity contribution >= 4 is 0 Å². The SMILES string of the molecule is CCc1ccc(OCCCNCC(C)C)c(OC)c1. The smallest absolute Gasteiger partial charge is 0.161 e. The molecule has 1 rings (SSSR count). The molecule has 0 atom stereocenters. The molecule has 108 valence electrons. The molecule has 3 nitrogen and oxygen atoms in total. The van der Waals surface area contributed by atoms with Gasteiger partial charge in [0.1, 0.15) is 0 Å². The monoisotopic (exact) mass is 265 g/mol. The minimum absolute atomic E-state index is 0.697. The minimum Gasteiger partial charge on any atom is -0.493 e. The second-order valence-corrected chi connectivity index (χ2v) is 5.14. The second kappa shape index (κ2) is 8.81. The minimum atomic E-state index is 0.697. The summed E-state index contributed by atoms with van der Waals surface area (Å²) in [5.41, 5.74) is 1.27. The van der Waals surface area contributed by atoms with Gasteiger partial charge in [-0.05, 0) is 49.5 Å². The average Bonchev–Trinajstić information content (AvgIpc) is 2.42. The number of methoxy groups -OCH3 is 1. The first-order valence-electron chi connectivity index (χ1n) is 7.17. The number of hydrogen-bond acceptors (Lipinski definition) is 3. The van der Waals surface area contributed by atoms with Crippen LogP contribution in [-0.4, -0.2) is 26.8 Å². The van der Waals surface area contributed by atoms with Crippen LogP contribution in [0.5, 0.6) is 11.5 Å². The number of rotatable bonds is 9. The Kier molecular flexibility index (Phi) is 7.34. The molecule has 0 unspecified atom stereocenters. The Morgan fingerprint density at radius 1 is 1.21 bits per heavy atom. The van der Waals surface area contributed by atoms with E-state index in [1.807, 2.05) is 12.1 Å². The van der Waals surface area contributed by atoms with E-state index >= 15 is 0 Å². The van der Waals surface area contributed by atoms with E-state index in [0.29, 0.717) is 12.5 Å². The Labute approximate surface area is 117 Å². The number of hydrogen-bond donors (Lipinski definition) is 1. The lowest BCUT2D eigenvalue weighted by atomic mass is 10.1. The summed E-state index contributed by atoms with van der Waals surface area (Å²) in [4.78, 5) is 0. The van der Waals surface area contributed by atoms with E-state index in [1.165, 1.54) is 5.56 Å². The maximum absolute atomic E-state index is 5.77. The van der Waals surface area contributed by atoms with E-state index < -0.39 is 0 Å². The number of ether oxygens (including phenoxy) is 2. The molecule has 0 aliphatic heterocycles. The van der Waals surface area contributed by atoms with Crippen molar-refractivity contribution in [3.63, 3.8) is 0 Å². The maximum atomic E-state index is 5.77. The van der Waals surface area contributed by atoms with Crippen molar-refractivity contribution in [3.05, 3.63) is 23.8 Å². The summed E-state index contributed by atoms with van der Waals surface area (Å²) in [5.74, 6) is 2.36. The van der Waals surface area contributed by atoms with Crippen LogP contribution in [0.15, 0.2) is 18.2 Å². The molecule has 1 N–H and O–H groups in total.